The number of nitrogens with zero attached hydrogens (tertiary/aromatic N) is 1. The van der Waals surface area contributed by atoms with Crippen molar-refractivity contribution in [2.75, 3.05) is 6.54 Å². The van der Waals surface area contributed by atoms with Crippen LogP contribution in [-0.4, -0.2) is 41.2 Å². The summed E-state index contributed by atoms with van der Waals surface area (Å²) in [7, 11) is 0. The molecule has 2 aliphatic heterocycles. The molecule has 3 rings (SSSR count). The van der Waals surface area contributed by atoms with Gasteiger partial charge in [-0.15, -0.1) is 0 Å². The Morgan fingerprint density at radius 2 is 2.16 bits per heavy atom. The fourth-order valence-electron chi connectivity index (χ4n) is 3.30. The van der Waals surface area contributed by atoms with Crippen molar-refractivity contribution in [1.82, 2.24) is 15.5 Å². The van der Waals surface area contributed by atoms with E-state index in [0.29, 0.717) is 25.1 Å². The van der Waals surface area contributed by atoms with Crippen LogP contribution >= 0.6 is 0 Å². The monoisotopic (exact) mass is 344 g/mol. The highest BCUT2D eigenvalue weighted by molar-refractivity contribution is 6.05. The topological polar surface area (TPSA) is 105 Å². The number of benzene rings is 1. The molecule has 2 atom stereocenters. The van der Waals surface area contributed by atoms with Gasteiger partial charge in [0, 0.05) is 31.1 Å². The van der Waals surface area contributed by atoms with Crippen LogP contribution in [0.25, 0.3) is 0 Å². The molecule has 3 amide bonds. The van der Waals surface area contributed by atoms with Crippen LogP contribution in [0, 0.1) is 0 Å². The van der Waals surface area contributed by atoms with Gasteiger partial charge in [-0.3, -0.25) is 19.7 Å². The smallest absolute Gasteiger partial charge is 0.255 e. The first-order valence-corrected chi connectivity index (χ1v) is 8.68. The van der Waals surface area contributed by atoms with Crippen LogP contribution in [0.4, 0.5) is 0 Å². The lowest BCUT2D eigenvalue weighted by molar-refractivity contribution is -0.136. The number of amides is 3. The SMILES string of the molecule is C[C@@H](N)CCNCc1ccc2c(c1)CN(C1CCC(=O)NC1=O)C2=O. The van der Waals surface area contributed by atoms with Crippen molar-refractivity contribution in [3.8, 4) is 0 Å². The first-order valence-electron chi connectivity index (χ1n) is 8.68. The third-order valence-electron chi connectivity index (χ3n) is 4.69. The molecule has 1 saturated heterocycles. The second kappa shape index (κ2) is 7.33. The maximum atomic E-state index is 12.6. The Kier molecular flexibility index (Phi) is 5.15. The molecular weight excluding hydrogens is 320 g/mol. The summed E-state index contributed by atoms with van der Waals surface area (Å²) >= 11 is 0. The molecule has 4 N–H and O–H groups in total. The van der Waals surface area contributed by atoms with E-state index in [9.17, 15) is 14.4 Å². The summed E-state index contributed by atoms with van der Waals surface area (Å²) < 4.78 is 0. The maximum Gasteiger partial charge on any atom is 0.255 e. The molecule has 0 aromatic heterocycles. The normalized spacial score (nSPS) is 21.3. The van der Waals surface area contributed by atoms with Gasteiger partial charge in [0.05, 0.1) is 0 Å². The van der Waals surface area contributed by atoms with Crippen LogP contribution in [0.1, 0.15) is 47.7 Å². The number of hydrogen-bond donors (Lipinski definition) is 3. The van der Waals surface area contributed by atoms with Crippen molar-refractivity contribution in [3.63, 3.8) is 0 Å². The van der Waals surface area contributed by atoms with Gasteiger partial charge < -0.3 is 16.0 Å². The molecule has 2 aliphatic rings. The van der Waals surface area contributed by atoms with Crippen LogP contribution in [0.15, 0.2) is 18.2 Å². The fraction of sp³-hybridized carbons (Fsp3) is 0.500. The van der Waals surface area contributed by atoms with Crippen LogP contribution in [0.2, 0.25) is 0 Å². The molecule has 0 saturated carbocycles. The standard InChI is InChI=1S/C18H24N4O3/c1-11(19)6-7-20-9-12-2-3-14-13(8-12)10-22(18(14)25)15-4-5-16(23)21-17(15)24/h2-3,8,11,15,20H,4-7,9-10,19H2,1H3,(H,21,23,24)/t11-,15?/m1/s1. The molecule has 7 heteroatoms. The van der Waals surface area contributed by atoms with E-state index in [2.05, 4.69) is 10.6 Å². The van der Waals surface area contributed by atoms with Gasteiger partial charge in [0.1, 0.15) is 6.04 Å². The molecule has 0 bridgehead atoms. The molecule has 1 aromatic carbocycles. The van der Waals surface area contributed by atoms with E-state index in [-0.39, 0.29) is 30.2 Å². The van der Waals surface area contributed by atoms with Gasteiger partial charge in [-0.1, -0.05) is 12.1 Å². The van der Waals surface area contributed by atoms with Crippen molar-refractivity contribution in [3.05, 3.63) is 34.9 Å². The molecule has 0 spiro atoms. The van der Waals surface area contributed by atoms with E-state index in [4.69, 9.17) is 5.73 Å². The highest BCUT2D eigenvalue weighted by Gasteiger charge is 2.38. The Morgan fingerprint density at radius 3 is 2.88 bits per heavy atom. The minimum absolute atomic E-state index is 0.138. The second-order valence-electron chi connectivity index (χ2n) is 6.83. The van der Waals surface area contributed by atoms with E-state index < -0.39 is 6.04 Å². The van der Waals surface area contributed by atoms with E-state index in [1.807, 2.05) is 25.1 Å². The number of nitrogens with two attached hydrogens (primary N) is 1. The van der Waals surface area contributed by atoms with Crippen molar-refractivity contribution in [1.29, 1.82) is 0 Å². The average Bonchev–Trinajstić information content (AvgIpc) is 2.88. The largest absolute Gasteiger partial charge is 0.328 e. The summed E-state index contributed by atoms with van der Waals surface area (Å²) in [6.07, 6.45) is 1.56. The first-order chi connectivity index (χ1) is 12.0. The Hall–Kier alpha value is -2.25. The third kappa shape index (κ3) is 3.88. The van der Waals surface area contributed by atoms with Gasteiger partial charge in [-0.25, -0.2) is 0 Å². The fourth-order valence-corrected chi connectivity index (χ4v) is 3.30. The third-order valence-corrected chi connectivity index (χ3v) is 4.69. The summed E-state index contributed by atoms with van der Waals surface area (Å²) in [6.45, 7) is 3.95. The van der Waals surface area contributed by atoms with Gasteiger partial charge in [-0.2, -0.15) is 0 Å². The zero-order valence-corrected chi connectivity index (χ0v) is 14.4. The van der Waals surface area contributed by atoms with E-state index in [0.717, 1.165) is 24.1 Å². The summed E-state index contributed by atoms with van der Waals surface area (Å²) in [6, 6.07) is 5.38. The van der Waals surface area contributed by atoms with Gasteiger partial charge in [-0.05, 0) is 43.5 Å². The summed E-state index contributed by atoms with van der Waals surface area (Å²) in [5, 5.41) is 5.66. The number of imide groups is 1. The molecule has 1 fully saturated rings. The predicted octanol–water partition coefficient (Wildman–Crippen LogP) is 0.275. The van der Waals surface area contributed by atoms with Gasteiger partial charge in [0.15, 0.2) is 0 Å². The number of fused-ring (bicyclic) bond motifs is 1. The molecule has 134 valence electrons. The lowest BCUT2D eigenvalue weighted by Crippen LogP contribution is -2.52. The molecule has 1 unspecified atom stereocenters. The van der Waals surface area contributed by atoms with Crippen molar-refractivity contribution in [2.45, 2.75) is 51.4 Å². The molecule has 0 radical (unpaired) electrons. The average molecular weight is 344 g/mol. The Balaban J connectivity index is 1.65. The highest BCUT2D eigenvalue weighted by atomic mass is 16.2. The van der Waals surface area contributed by atoms with Crippen LogP contribution in [0.3, 0.4) is 0 Å². The van der Waals surface area contributed by atoms with E-state index in [1.165, 1.54) is 0 Å². The molecule has 7 nitrogen and oxygen atoms in total. The number of carbonyl (C=O) groups is 3. The zero-order valence-electron chi connectivity index (χ0n) is 14.4. The molecule has 2 heterocycles. The zero-order chi connectivity index (χ0) is 18.0. The van der Waals surface area contributed by atoms with Crippen molar-refractivity contribution in [2.24, 2.45) is 5.73 Å². The summed E-state index contributed by atoms with van der Waals surface area (Å²) in [4.78, 5) is 37.5. The predicted molar refractivity (Wildman–Crippen MR) is 92.5 cm³/mol. The van der Waals surface area contributed by atoms with Crippen LogP contribution < -0.4 is 16.4 Å². The number of hydrogen-bond acceptors (Lipinski definition) is 5. The molecule has 25 heavy (non-hydrogen) atoms. The van der Waals surface area contributed by atoms with Gasteiger partial charge >= 0.3 is 0 Å². The van der Waals surface area contributed by atoms with E-state index >= 15 is 0 Å². The Bertz CT molecular complexity index is 702. The Labute approximate surface area is 146 Å². The molecule has 0 aliphatic carbocycles. The van der Waals surface area contributed by atoms with E-state index in [1.54, 1.807) is 4.90 Å². The number of rotatable bonds is 6. The summed E-state index contributed by atoms with van der Waals surface area (Å²) in [5.74, 6) is -0.790. The van der Waals surface area contributed by atoms with Gasteiger partial charge in [0.2, 0.25) is 11.8 Å². The Morgan fingerprint density at radius 1 is 1.36 bits per heavy atom. The van der Waals surface area contributed by atoms with Crippen molar-refractivity contribution >= 4 is 17.7 Å². The second-order valence-corrected chi connectivity index (χ2v) is 6.83. The van der Waals surface area contributed by atoms with Crippen LogP contribution in [0.5, 0.6) is 0 Å². The number of nitrogens with one attached hydrogen (secondary N) is 2. The van der Waals surface area contributed by atoms with Crippen molar-refractivity contribution < 1.29 is 14.4 Å². The number of piperidine rings is 1. The minimum atomic E-state index is -0.565. The van der Waals surface area contributed by atoms with Gasteiger partial charge in [0.25, 0.3) is 5.91 Å². The molecular formula is C18H24N4O3. The number of carbonyl (C=O) groups excluding carboxylic acids is 3. The molecule has 1 aromatic rings. The lowest BCUT2D eigenvalue weighted by Gasteiger charge is -2.29. The maximum absolute atomic E-state index is 12.6. The lowest BCUT2D eigenvalue weighted by atomic mass is 10.0. The quantitative estimate of drug-likeness (QED) is 0.508. The van der Waals surface area contributed by atoms with Crippen LogP contribution in [-0.2, 0) is 22.7 Å². The first kappa shape index (κ1) is 17.6. The summed E-state index contributed by atoms with van der Waals surface area (Å²) in [5.41, 5.74) is 8.40. The highest BCUT2D eigenvalue weighted by Crippen LogP contribution is 2.28. The minimum Gasteiger partial charge on any atom is -0.328 e.